The molecule has 0 atom stereocenters. The van der Waals surface area contributed by atoms with Crippen molar-refractivity contribution in [3.8, 4) is 22.6 Å². The van der Waals surface area contributed by atoms with E-state index in [4.69, 9.17) is 0 Å². The molecular formula is C18H13FN4S. The molecule has 0 aliphatic carbocycles. The molecular weight excluding hydrogens is 323 g/mol. The average molecular weight is 336 g/mol. The van der Waals surface area contributed by atoms with Crippen molar-refractivity contribution in [2.75, 3.05) is 0 Å². The summed E-state index contributed by atoms with van der Waals surface area (Å²) in [5.74, 6) is 0.528. The fourth-order valence-corrected chi connectivity index (χ4v) is 3.33. The van der Waals surface area contributed by atoms with Crippen LogP contribution in [-0.2, 0) is 6.42 Å². The molecule has 118 valence electrons. The number of nitrogens with one attached hydrogen (secondary N) is 1. The first-order valence-corrected chi connectivity index (χ1v) is 8.31. The largest absolute Gasteiger partial charge is 0.259 e. The van der Waals surface area contributed by atoms with Crippen LogP contribution in [0.15, 0.2) is 60.2 Å². The number of benzene rings is 2. The van der Waals surface area contributed by atoms with Crippen molar-refractivity contribution in [2.45, 2.75) is 6.42 Å². The Balaban J connectivity index is 1.61. The van der Waals surface area contributed by atoms with Crippen molar-refractivity contribution in [3.05, 3.63) is 76.6 Å². The van der Waals surface area contributed by atoms with E-state index in [-0.39, 0.29) is 5.82 Å². The monoisotopic (exact) mass is 336 g/mol. The van der Waals surface area contributed by atoms with Gasteiger partial charge in [-0.05, 0) is 17.7 Å². The highest BCUT2D eigenvalue weighted by molar-refractivity contribution is 7.10. The maximum atomic E-state index is 13.8. The van der Waals surface area contributed by atoms with Crippen LogP contribution >= 0.6 is 11.3 Å². The molecule has 4 nitrogen and oxygen atoms in total. The second-order valence-corrected chi connectivity index (χ2v) is 6.25. The minimum absolute atomic E-state index is 0.193. The topological polar surface area (TPSA) is 54.5 Å². The van der Waals surface area contributed by atoms with Crippen LogP contribution in [0.4, 0.5) is 4.39 Å². The lowest BCUT2D eigenvalue weighted by atomic mass is 10.1. The van der Waals surface area contributed by atoms with Gasteiger partial charge in [-0.25, -0.2) is 14.4 Å². The van der Waals surface area contributed by atoms with Crippen LogP contribution in [0, 0.1) is 5.82 Å². The highest BCUT2D eigenvalue weighted by Crippen LogP contribution is 2.27. The number of halogens is 1. The predicted octanol–water partition coefficient (Wildman–Crippen LogP) is 4.33. The third-order valence-corrected chi connectivity index (χ3v) is 4.55. The van der Waals surface area contributed by atoms with E-state index in [0.29, 0.717) is 12.0 Å². The molecule has 4 aromatic rings. The SMILES string of the molecule is Fc1ccccc1Cc1nc(-c2cccc(-c3ncn[nH]3)c2)cs1. The first-order valence-electron chi connectivity index (χ1n) is 7.43. The molecule has 24 heavy (non-hydrogen) atoms. The molecule has 2 heterocycles. The number of aromatic nitrogens is 4. The van der Waals surface area contributed by atoms with Gasteiger partial charge in [-0.1, -0.05) is 36.4 Å². The molecule has 0 amide bonds. The number of hydrogen-bond acceptors (Lipinski definition) is 4. The molecule has 2 aromatic carbocycles. The summed E-state index contributed by atoms with van der Waals surface area (Å²) >= 11 is 1.54. The summed E-state index contributed by atoms with van der Waals surface area (Å²) in [6, 6.07) is 14.8. The Hall–Kier alpha value is -2.86. The Morgan fingerprint density at radius 1 is 1.04 bits per heavy atom. The number of hydrogen-bond donors (Lipinski definition) is 1. The number of nitrogens with zero attached hydrogens (tertiary/aromatic N) is 3. The minimum atomic E-state index is -0.193. The van der Waals surface area contributed by atoms with Crippen molar-refractivity contribution in [1.82, 2.24) is 20.2 Å². The normalized spacial score (nSPS) is 10.9. The van der Waals surface area contributed by atoms with E-state index in [1.54, 1.807) is 12.1 Å². The maximum Gasteiger partial charge on any atom is 0.155 e. The minimum Gasteiger partial charge on any atom is -0.259 e. The summed E-state index contributed by atoms with van der Waals surface area (Å²) in [6.07, 6.45) is 1.98. The highest BCUT2D eigenvalue weighted by Gasteiger charge is 2.09. The summed E-state index contributed by atoms with van der Waals surface area (Å²) in [5.41, 5.74) is 3.50. The van der Waals surface area contributed by atoms with Crippen LogP contribution in [0.5, 0.6) is 0 Å². The molecule has 6 heteroatoms. The van der Waals surface area contributed by atoms with Gasteiger partial charge in [0.25, 0.3) is 0 Å². The molecule has 0 saturated carbocycles. The van der Waals surface area contributed by atoms with Gasteiger partial charge < -0.3 is 0 Å². The zero-order valence-corrected chi connectivity index (χ0v) is 13.4. The third-order valence-electron chi connectivity index (χ3n) is 3.70. The summed E-state index contributed by atoms with van der Waals surface area (Å²) < 4.78 is 13.8. The van der Waals surface area contributed by atoms with Gasteiger partial charge in [0.2, 0.25) is 0 Å². The van der Waals surface area contributed by atoms with Gasteiger partial charge >= 0.3 is 0 Å². The van der Waals surface area contributed by atoms with Crippen LogP contribution in [0.3, 0.4) is 0 Å². The van der Waals surface area contributed by atoms with E-state index in [1.807, 2.05) is 35.7 Å². The predicted molar refractivity (Wildman–Crippen MR) is 92.1 cm³/mol. The molecule has 1 N–H and O–H groups in total. The van der Waals surface area contributed by atoms with Gasteiger partial charge in [0.1, 0.15) is 12.1 Å². The molecule has 0 bridgehead atoms. The Bertz CT molecular complexity index is 963. The van der Waals surface area contributed by atoms with Gasteiger partial charge in [-0.15, -0.1) is 11.3 Å². The molecule has 4 rings (SSSR count). The second-order valence-electron chi connectivity index (χ2n) is 5.31. The molecule has 0 aliphatic heterocycles. The Morgan fingerprint density at radius 3 is 2.75 bits per heavy atom. The number of thiazole rings is 1. The molecule has 0 unspecified atom stereocenters. The van der Waals surface area contributed by atoms with Crippen molar-refractivity contribution in [2.24, 2.45) is 0 Å². The first-order chi connectivity index (χ1) is 11.8. The van der Waals surface area contributed by atoms with Crippen LogP contribution in [-0.4, -0.2) is 20.2 Å². The number of aromatic amines is 1. The molecule has 2 aromatic heterocycles. The molecule has 0 saturated heterocycles. The van der Waals surface area contributed by atoms with E-state index >= 15 is 0 Å². The van der Waals surface area contributed by atoms with E-state index in [1.165, 1.54) is 23.7 Å². The van der Waals surface area contributed by atoms with Gasteiger partial charge in [0.05, 0.1) is 10.7 Å². The van der Waals surface area contributed by atoms with E-state index in [2.05, 4.69) is 20.2 Å². The standard InChI is InChI=1S/C18H13FN4S/c19-15-7-2-1-4-12(15)9-17-22-16(10-24-17)13-5-3-6-14(8-13)18-20-11-21-23-18/h1-8,10-11H,9H2,(H,20,21,23). The van der Waals surface area contributed by atoms with Gasteiger partial charge in [-0.2, -0.15) is 5.10 Å². The summed E-state index contributed by atoms with van der Waals surface area (Å²) in [5, 5.41) is 9.62. The van der Waals surface area contributed by atoms with E-state index in [0.717, 1.165) is 27.7 Å². The van der Waals surface area contributed by atoms with Crippen LogP contribution in [0.1, 0.15) is 10.6 Å². The maximum absolute atomic E-state index is 13.8. The van der Waals surface area contributed by atoms with Crippen molar-refractivity contribution >= 4 is 11.3 Å². The van der Waals surface area contributed by atoms with Crippen molar-refractivity contribution < 1.29 is 4.39 Å². The fraction of sp³-hybridized carbons (Fsp3) is 0.0556. The van der Waals surface area contributed by atoms with Crippen molar-refractivity contribution in [1.29, 1.82) is 0 Å². The quantitative estimate of drug-likeness (QED) is 0.604. The van der Waals surface area contributed by atoms with Crippen LogP contribution in [0.25, 0.3) is 22.6 Å². The molecule has 0 spiro atoms. The Morgan fingerprint density at radius 2 is 1.92 bits per heavy atom. The molecule has 0 fully saturated rings. The zero-order valence-electron chi connectivity index (χ0n) is 12.6. The first kappa shape index (κ1) is 14.7. The lowest BCUT2D eigenvalue weighted by Gasteiger charge is -2.01. The Labute approximate surface area is 142 Å². The van der Waals surface area contributed by atoms with E-state index in [9.17, 15) is 4.39 Å². The zero-order chi connectivity index (χ0) is 16.4. The molecule has 0 radical (unpaired) electrons. The number of H-pyrrole nitrogens is 1. The fourth-order valence-electron chi connectivity index (χ4n) is 2.50. The Kier molecular flexibility index (Phi) is 3.88. The highest BCUT2D eigenvalue weighted by atomic mass is 32.1. The number of rotatable bonds is 4. The van der Waals surface area contributed by atoms with Gasteiger partial charge in [0.15, 0.2) is 5.82 Å². The smallest absolute Gasteiger partial charge is 0.155 e. The molecule has 0 aliphatic rings. The summed E-state index contributed by atoms with van der Waals surface area (Å²) in [6.45, 7) is 0. The van der Waals surface area contributed by atoms with Gasteiger partial charge in [0, 0.05) is 22.9 Å². The van der Waals surface area contributed by atoms with Crippen LogP contribution in [0.2, 0.25) is 0 Å². The van der Waals surface area contributed by atoms with Crippen LogP contribution < -0.4 is 0 Å². The lowest BCUT2D eigenvalue weighted by Crippen LogP contribution is -1.91. The third kappa shape index (κ3) is 2.96. The summed E-state index contributed by atoms with van der Waals surface area (Å²) in [7, 11) is 0. The van der Waals surface area contributed by atoms with Gasteiger partial charge in [-0.3, -0.25) is 5.10 Å². The van der Waals surface area contributed by atoms with Crippen molar-refractivity contribution in [3.63, 3.8) is 0 Å². The van der Waals surface area contributed by atoms with E-state index < -0.39 is 0 Å². The summed E-state index contributed by atoms with van der Waals surface area (Å²) in [4.78, 5) is 8.81. The lowest BCUT2D eigenvalue weighted by molar-refractivity contribution is 0.614. The average Bonchev–Trinajstić information content (AvgIpc) is 3.29. The second kappa shape index (κ2) is 6.33.